The molecule has 0 saturated heterocycles. The normalized spacial score (nSPS) is 14.7. The maximum Gasteiger partial charge on any atom is 0.347 e. The molecule has 0 atom stereocenters. The minimum atomic E-state index is -0.355. The number of aliphatic imine (C=N–C) groups is 1. The first-order valence-corrected chi connectivity index (χ1v) is 7.74. The van der Waals surface area contributed by atoms with E-state index in [0.717, 1.165) is 41.6 Å². The average molecular weight is 298 g/mol. The Hall–Kier alpha value is -2.26. The summed E-state index contributed by atoms with van der Waals surface area (Å²) in [6.45, 7) is 0. The zero-order valence-corrected chi connectivity index (χ0v) is 12.2. The molecule has 0 spiro atoms. The van der Waals surface area contributed by atoms with Crippen LogP contribution in [0.1, 0.15) is 37.7 Å². The first kappa shape index (κ1) is 13.7. The van der Waals surface area contributed by atoms with Crippen LogP contribution in [0, 0.1) is 11.3 Å². The second-order valence-corrected chi connectivity index (χ2v) is 6.01. The van der Waals surface area contributed by atoms with E-state index in [0.29, 0.717) is 10.7 Å². The molecule has 106 valence electrons. The van der Waals surface area contributed by atoms with Gasteiger partial charge in [0.15, 0.2) is 5.13 Å². The van der Waals surface area contributed by atoms with Gasteiger partial charge in [-0.05, 0) is 43.9 Å². The fourth-order valence-electron chi connectivity index (χ4n) is 2.38. The molecule has 6 heteroatoms. The number of carbonyl (C=O) groups is 1. The molecule has 3 rings (SSSR count). The van der Waals surface area contributed by atoms with Crippen LogP contribution in [0.3, 0.4) is 0 Å². The lowest BCUT2D eigenvalue weighted by Gasteiger charge is -2.11. The van der Waals surface area contributed by atoms with Gasteiger partial charge in [0.1, 0.15) is 0 Å². The number of urea groups is 1. The van der Waals surface area contributed by atoms with Gasteiger partial charge in [-0.2, -0.15) is 5.26 Å². The highest BCUT2D eigenvalue weighted by molar-refractivity contribution is 7.22. The van der Waals surface area contributed by atoms with Crippen LogP contribution >= 0.6 is 11.3 Å². The summed E-state index contributed by atoms with van der Waals surface area (Å²) in [6, 6.07) is 7.01. The number of carbonyl (C=O) groups excluding carboxylic acids is 1. The molecule has 21 heavy (non-hydrogen) atoms. The van der Waals surface area contributed by atoms with Crippen LogP contribution in [0.4, 0.5) is 9.93 Å². The standard InChI is InChI=1S/C15H14N4OS/c16-9-10-6-7-12-13(8-10)21-15(18-12)19-14(20)17-11-4-2-1-3-5-11/h6-8H,1-5H2,(H,18,19,20). The van der Waals surface area contributed by atoms with Crippen LogP contribution in [0.15, 0.2) is 23.2 Å². The summed E-state index contributed by atoms with van der Waals surface area (Å²) < 4.78 is 0.884. The van der Waals surface area contributed by atoms with Gasteiger partial charge in [0.05, 0.1) is 21.8 Å². The molecule has 1 aliphatic rings. The SMILES string of the molecule is N#Cc1ccc2nc(NC(=O)N=C3CCCCC3)sc2c1. The summed E-state index contributed by atoms with van der Waals surface area (Å²) in [4.78, 5) is 20.3. The van der Waals surface area contributed by atoms with Gasteiger partial charge in [-0.15, -0.1) is 0 Å². The number of hydrogen-bond donors (Lipinski definition) is 1. The highest BCUT2D eigenvalue weighted by Gasteiger charge is 2.11. The zero-order valence-electron chi connectivity index (χ0n) is 11.4. The van der Waals surface area contributed by atoms with Crippen LogP contribution in [-0.2, 0) is 0 Å². The van der Waals surface area contributed by atoms with Crippen LogP contribution < -0.4 is 5.32 Å². The lowest BCUT2D eigenvalue weighted by molar-refractivity contribution is 0.259. The van der Waals surface area contributed by atoms with Crippen LogP contribution in [0.2, 0.25) is 0 Å². The minimum Gasteiger partial charge on any atom is -0.282 e. The number of anilines is 1. The molecular weight excluding hydrogens is 284 g/mol. The molecule has 1 saturated carbocycles. The van der Waals surface area contributed by atoms with Crippen LogP contribution in [-0.4, -0.2) is 16.7 Å². The van der Waals surface area contributed by atoms with Gasteiger partial charge in [0.25, 0.3) is 0 Å². The molecular formula is C15H14N4OS. The van der Waals surface area contributed by atoms with Gasteiger partial charge in [0, 0.05) is 5.71 Å². The lowest BCUT2D eigenvalue weighted by Crippen LogP contribution is -2.12. The Morgan fingerprint density at radius 1 is 1.33 bits per heavy atom. The number of amides is 2. The maximum absolute atomic E-state index is 11.9. The summed E-state index contributed by atoms with van der Waals surface area (Å²) in [5.74, 6) is 0. The van der Waals surface area contributed by atoms with E-state index in [1.165, 1.54) is 17.8 Å². The Labute approximate surface area is 126 Å². The lowest BCUT2D eigenvalue weighted by atomic mass is 9.99. The summed E-state index contributed by atoms with van der Waals surface area (Å²) in [7, 11) is 0. The number of nitrogens with one attached hydrogen (secondary N) is 1. The molecule has 5 nitrogen and oxygen atoms in total. The number of fused-ring (bicyclic) bond motifs is 1. The van der Waals surface area contributed by atoms with Crippen molar-refractivity contribution >= 4 is 38.4 Å². The Morgan fingerprint density at radius 3 is 2.90 bits per heavy atom. The van der Waals surface area contributed by atoms with Crippen molar-refractivity contribution in [1.29, 1.82) is 5.26 Å². The van der Waals surface area contributed by atoms with Gasteiger partial charge in [0.2, 0.25) is 0 Å². The van der Waals surface area contributed by atoms with Gasteiger partial charge in [-0.25, -0.2) is 14.8 Å². The zero-order chi connectivity index (χ0) is 14.7. The Balaban J connectivity index is 1.75. The van der Waals surface area contributed by atoms with Crippen molar-refractivity contribution in [2.24, 2.45) is 4.99 Å². The van der Waals surface area contributed by atoms with E-state index in [-0.39, 0.29) is 6.03 Å². The molecule has 2 aromatic rings. The van der Waals surface area contributed by atoms with Gasteiger partial charge < -0.3 is 0 Å². The second-order valence-electron chi connectivity index (χ2n) is 4.98. The Bertz CT molecular complexity index is 749. The molecule has 1 N–H and O–H groups in total. The van der Waals surface area contributed by atoms with Crippen molar-refractivity contribution in [2.45, 2.75) is 32.1 Å². The van der Waals surface area contributed by atoms with Crippen LogP contribution in [0.5, 0.6) is 0 Å². The van der Waals surface area contributed by atoms with Gasteiger partial charge in [-0.3, -0.25) is 5.32 Å². The van der Waals surface area contributed by atoms with Crippen molar-refractivity contribution in [1.82, 2.24) is 4.98 Å². The molecule has 2 amide bonds. The summed E-state index contributed by atoms with van der Waals surface area (Å²) in [5, 5.41) is 12.1. The molecule has 1 aliphatic carbocycles. The molecule has 1 fully saturated rings. The van der Waals surface area contributed by atoms with Gasteiger partial charge >= 0.3 is 6.03 Å². The van der Waals surface area contributed by atoms with E-state index in [1.807, 2.05) is 0 Å². The van der Waals surface area contributed by atoms with E-state index >= 15 is 0 Å². The monoisotopic (exact) mass is 298 g/mol. The van der Waals surface area contributed by atoms with E-state index in [1.54, 1.807) is 18.2 Å². The molecule has 0 aliphatic heterocycles. The maximum atomic E-state index is 11.9. The topological polar surface area (TPSA) is 78.1 Å². The predicted octanol–water partition coefficient (Wildman–Crippen LogP) is 4.10. The largest absolute Gasteiger partial charge is 0.347 e. The fourth-order valence-corrected chi connectivity index (χ4v) is 3.28. The average Bonchev–Trinajstić information content (AvgIpc) is 2.89. The molecule has 0 bridgehead atoms. The third-order valence-electron chi connectivity index (χ3n) is 3.42. The first-order valence-electron chi connectivity index (χ1n) is 6.93. The van der Waals surface area contributed by atoms with Crippen molar-refractivity contribution in [3.05, 3.63) is 23.8 Å². The van der Waals surface area contributed by atoms with E-state index in [4.69, 9.17) is 5.26 Å². The van der Waals surface area contributed by atoms with E-state index < -0.39 is 0 Å². The number of aromatic nitrogens is 1. The smallest absolute Gasteiger partial charge is 0.282 e. The van der Waals surface area contributed by atoms with E-state index in [9.17, 15) is 4.79 Å². The molecule has 1 aromatic carbocycles. The highest BCUT2D eigenvalue weighted by Crippen LogP contribution is 2.26. The third kappa shape index (κ3) is 3.26. The Morgan fingerprint density at radius 2 is 2.14 bits per heavy atom. The molecule has 1 heterocycles. The first-order chi connectivity index (χ1) is 10.2. The molecule has 1 aromatic heterocycles. The quantitative estimate of drug-likeness (QED) is 0.860. The predicted molar refractivity (Wildman–Crippen MR) is 83.9 cm³/mol. The number of thiazole rings is 1. The number of nitrogens with zero attached hydrogens (tertiary/aromatic N) is 3. The molecule has 0 radical (unpaired) electrons. The minimum absolute atomic E-state index is 0.355. The van der Waals surface area contributed by atoms with Crippen molar-refractivity contribution in [2.75, 3.05) is 5.32 Å². The van der Waals surface area contributed by atoms with Crippen molar-refractivity contribution < 1.29 is 4.79 Å². The molecule has 0 unspecified atom stereocenters. The second kappa shape index (κ2) is 6.02. The number of rotatable bonds is 1. The van der Waals surface area contributed by atoms with E-state index in [2.05, 4.69) is 21.4 Å². The summed E-state index contributed by atoms with van der Waals surface area (Å²) in [6.07, 6.45) is 5.28. The number of hydrogen-bond acceptors (Lipinski definition) is 4. The summed E-state index contributed by atoms with van der Waals surface area (Å²) in [5.41, 5.74) is 2.35. The summed E-state index contributed by atoms with van der Waals surface area (Å²) >= 11 is 1.35. The Kier molecular flexibility index (Phi) is 3.93. The third-order valence-corrected chi connectivity index (χ3v) is 4.36. The van der Waals surface area contributed by atoms with Crippen LogP contribution in [0.25, 0.3) is 10.2 Å². The number of benzene rings is 1. The number of nitriles is 1. The highest BCUT2D eigenvalue weighted by atomic mass is 32.1. The van der Waals surface area contributed by atoms with Crippen molar-refractivity contribution in [3.63, 3.8) is 0 Å². The van der Waals surface area contributed by atoms with Crippen molar-refractivity contribution in [3.8, 4) is 6.07 Å². The van der Waals surface area contributed by atoms with Gasteiger partial charge in [-0.1, -0.05) is 17.8 Å². The fraction of sp³-hybridized carbons (Fsp3) is 0.333.